The first-order valence-electron chi connectivity index (χ1n) is 14.8. The first kappa shape index (κ1) is 31.3. The molecule has 9 heteroatoms. The number of carbonyl (C=O) groups is 1. The zero-order valence-corrected chi connectivity index (χ0v) is 24.8. The smallest absolute Gasteiger partial charge is 0.207 e. The minimum absolute atomic E-state index is 0.0377. The first-order valence-corrected chi connectivity index (χ1v) is 14.8. The van der Waals surface area contributed by atoms with Gasteiger partial charge in [0.2, 0.25) is 6.41 Å². The number of ether oxygens (including phenoxy) is 5. The Bertz CT molecular complexity index is 1050. The van der Waals surface area contributed by atoms with E-state index in [1.54, 1.807) is 14.2 Å². The van der Waals surface area contributed by atoms with Gasteiger partial charge in [0.15, 0.2) is 0 Å². The van der Waals surface area contributed by atoms with Crippen molar-refractivity contribution in [2.45, 2.75) is 38.6 Å². The minimum atomic E-state index is -0.0377. The van der Waals surface area contributed by atoms with E-state index in [9.17, 15) is 4.79 Å². The highest BCUT2D eigenvalue weighted by Gasteiger charge is 2.35. The second kappa shape index (κ2) is 16.7. The van der Waals surface area contributed by atoms with E-state index in [4.69, 9.17) is 23.7 Å². The van der Waals surface area contributed by atoms with E-state index >= 15 is 0 Å². The molecule has 0 spiro atoms. The van der Waals surface area contributed by atoms with Gasteiger partial charge in [-0.3, -0.25) is 4.79 Å². The fraction of sp³-hybridized carbons (Fsp3) is 0.594. The average Bonchev–Trinajstić information content (AvgIpc) is 2.99. The number of hydrogen-bond acceptors (Lipinski definition) is 8. The molecule has 41 heavy (non-hydrogen) atoms. The van der Waals surface area contributed by atoms with E-state index in [1.165, 1.54) is 5.56 Å². The zero-order chi connectivity index (χ0) is 28.9. The van der Waals surface area contributed by atoms with Gasteiger partial charge in [0, 0.05) is 58.8 Å². The van der Waals surface area contributed by atoms with Crippen LogP contribution in [0.15, 0.2) is 42.5 Å². The van der Waals surface area contributed by atoms with Gasteiger partial charge in [0.05, 0.1) is 44.8 Å². The molecule has 1 fully saturated rings. The van der Waals surface area contributed by atoms with Crippen LogP contribution >= 0.6 is 0 Å². The zero-order valence-electron chi connectivity index (χ0n) is 24.8. The van der Waals surface area contributed by atoms with Crippen LogP contribution in [0.4, 0.5) is 5.69 Å². The number of fused-ring (bicyclic) bond motifs is 1. The number of benzene rings is 2. The predicted molar refractivity (Wildman–Crippen MR) is 160 cm³/mol. The fourth-order valence-corrected chi connectivity index (χ4v) is 5.81. The summed E-state index contributed by atoms with van der Waals surface area (Å²) < 4.78 is 28.9. The average molecular weight is 570 g/mol. The molecule has 0 bridgehead atoms. The maximum absolute atomic E-state index is 11.1. The highest BCUT2D eigenvalue weighted by molar-refractivity contribution is 5.61. The number of methoxy groups -OCH3 is 2. The highest BCUT2D eigenvalue weighted by atomic mass is 16.5. The lowest BCUT2D eigenvalue weighted by Crippen LogP contribution is -2.49. The van der Waals surface area contributed by atoms with Crippen LogP contribution in [0.1, 0.15) is 36.0 Å². The van der Waals surface area contributed by atoms with Gasteiger partial charge in [-0.1, -0.05) is 37.3 Å². The summed E-state index contributed by atoms with van der Waals surface area (Å²) in [4.78, 5) is 13.5. The molecule has 2 aliphatic rings. The summed E-state index contributed by atoms with van der Waals surface area (Å²) in [5, 5.41) is 6.42. The number of rotatable bonds is 17. The van der Waals surface area contributed by atoms with E-state index in [1.807, 2.05) is 0 Å². The molecule has 0 unspecified atom stereocenters. The molecule has 1 amide bonds. The Labute approximate surface area is 244 Å². The SMILES string of the molecule is COCCCN1CCOc2ccc(CO[C@H]3CNC[C@@H](CNC=O)[C@@H]3c3ccc(COC[C@@H](C)COC)cc3)cc21. The van der Waals surface area contributed by atoms with Gasteiger partial charge in [-0.25, -0.2) is 0 Å². The molecule has 0 aliphatic carbocycles. The fourth-order valence-electron chi connectivity index (χ4n) is 5.81. The quantitative estimate of drug-likeness (QED) is 0.222. The molecule has 4 atom stereocenters. The Morgan fingerprint density at radius 2 is 1.90 bits per heavy atom. The van der Waals surface area contributed by atoms with Gasteiger partial charge >= 0.3 is 0 Å². The van der Waals surface area contributed by atoms with Gasteiger partial charge in [0.1, 0.15) is 12.4 Å². The van der Waals surface area contributed by atoms with Crippen molar-refractivity contribution in [3.8, 4) is 5.75 Å². The normalized spacial score (nSPS) is 21.1. The van der Waals surface area contributed by atoms with Crippen molar-refractivity contribution in [3.63, 3.8) is 0 Å². The molecule has 2 aromatic rings. The Morgan fingerprint density at radius 1 is 1.07 bits per heavy atom. The number of anilines is 1. The van der Waals surface area contributed by atoms with Crippen molar-refractivity contribution in [3.05, 3.63) is 59.2 Å². The number of nitrogens with one attached hydrogen (secondary N) is 2. The number of piperidine rings is 1. The summed E-state index contributed by atoms with van der Waals surface area (Å²) >= 11 is 0. The van der Waals surface area contributed by atoms with Crippen LogP contribution in [-0.2, 0) is 37.0 Å². The first-order chi connectivity index (χ1) is 20.1. The van der Waals surface area contributed by atoms with Crippen LogP contribution < -0.4 is 20.3 Å². The van der Waals surface area contributed by atoms with Crippen molar-refractivity contribution >= 4 is 12.1 Å². The van der Waals surface area contributed by atoms with Crippen molar-refractivity contribution in [2.75, 3.05) is 78.3 Å². The summed E-state index contributed by atoms with van der Waals surface area (Å²) in [5.41, 5.74) is 4.59. The molecular weight excluding hydrogens is 522 g/mol. The van der Waals surface area contributed by atoms with E-state index in [0.717, 1.165) is 68.2 Å². The summed E-state index contributed by atoms with van der Waals surface area (Å²) in [5.74, 6) is 1.64. The predicted octanol–water partition coefficient (Wildman–Crippen LogP) is 3.36. The number of amides is 1. The van der Waals surface area contributed by atoms with Crippen LogP contribution in [0, 0.1) is 11.8 Å². The number of carbonyl (C=O) groups excluding carboxylic acids is 1. The highest BCUT2D eigenvalue weighted by Crippen LogP contribution is 2.35. The standard InChI is InChI=1S/C32H47N3O6/c1-24(19-38-3)20-39-21-25-5-8-27(9-6-25)32-28(17-34-23-36)16-33-18-31(32)41-22-26-7-10-30-29(15-26)35(12-14-40-30)11-4-13-37-2/h5-10,15,23-24,28,31-33H,4,11-14,16-22H2,1-3H3,(H,34,36)/t24-,28-,31-,32-/m0/s1. The van der Waals surface area contributed by atoms with Crippen molar-refractivity contribution < 1.29 is 28.5 Å². The van der Waals surface area contributed by atoms with Gasteiger partial charge < -0.3 is 39.2 Å². The maximum atomic E-state index is 11.1. The second-order valence-corrected chi connectivity index (χ2v) is 11.1. The third-order valence-electron chi connectivity index (χ3n) is 7.83. The second-order valence-electron chi connectivity index (χ2n) is 11.1. The monoisotopic (exact) mass is 569 g/mol. The van der Waals surface area contributed by atoms with E-state index in [-0.39, 0.29) is 17.9 Å². The Balaban J connectivity index is 1.43. The van der Waals surface area contributed by atoms with Crippen LogP contribution in [0.5, 0.6) is 5.75 Å². The largest absolute Gasteiger partial charge is 0.490 e. The molecule has 2 N–H and O–H groups in total. The topological polar surface area (TPSA) is 90.5 Å². The third-order valence-corrected chi connectivity index (χ3v) is 7.83. The molecule has 2 aliphatic heterocycles. The molecule has 226 valence electrons. The van der Waals surface area contributed by atoms with Crippen LogP contribution in [-0.4, -0.2) is 85.9 Å². The van der Waals surface area contributed by atoms with Gasteiger partial charge in [-0.15, -0.1) is 0 Å². The van der Waals surface area contributed by atoms with Crippen molar-refractivity contribution in [1.29, 1.82) is 0 Å². The lowest BCUT2D eigenvalue weighted by Gasteiger charge is -2.39. The van der Waals surface area contributed by atoms with E-state index in [0.29, 0.717) is 45.5 Å². The number of hydrogen-bond donors (Lipinski definition) is 2. The molecular formula is C32H47N3O6. The Hall–Kier alpha value is -2.69. The van der Waals surface area contributed by atoms with E-state index in [2.05, 4.69) is 64.9 Å². The molecule has 4 rings (SSSR count). The Kier molecular flexibility index (Phi) is 12.7. The Morgan fingerprint density at radius 3 is 2.68 bits per heavy atom. The molecule has 2 heterocycles. The van der Waals surface area contributed by atoms with Crippen LogP contribution in [0.25, 0.3) is 0 Å². The summed E-state index contributed by atoms with van der Waals surface area (Å²) in [6.45, 7) is 9.95. The van der Waals surface area contributed by atoms with Gasteiger partial charge in [-0.2, -0.15) is 0 Å². The summed E-state index contributed by atoms with van der Waals surface area (Å²) in [6, 6.07) is 15.0. The van der Waals surface area contributed by atoms with Crippen molar-refractivity contribution in [1.82, 2.24) is 10.6 Å². The van der Waals surface area contributed by atoms with Gasteiger partial charge in [0.25, 0.3) is 0 Å². The van der Waals surface area contributed by atoms with Crippen LogP contribution in [0.2, 0.25) is 0 Å². The number of nitrogens with zero attached hydrogens (tertiary/aromatic N) is 1. The van der Waals surface area contributed by atoms with Crippen LogP contribution in [0.3, 0.4) is 0 Å². The molecule has 0 aromatic heterocycles. The summed E-state index contributed by atoms with van der Waals surface area (Å²) in [7, 11) is 3.45. The molecule has 2 aromatic carbocycles. The molecule has 0 radical (unpaired) electrons. The lowest BCUT2D eigenvalue weighted by atomic mass is 9.79. The van der Waals surface area contributed by atoms with Crippen molar-refractivity contribution in [2.24, 2.45) is 11.8 Å². The third kappa shape index (κ3) is 9.15. The minimum Gasteiger partial charge on any atom is -0.490 e. The lowest BCUT2D eigenvalue weighted by molar-refractivity contribution is -0.109. The molecule has 9 nitrogen and oxygen atoms in total. The molecule has 1 saturated heterocycles. The molecule has 0 saturated carbocycles. The van der Waals surface area contributed by atoms with Gasteiger partial charge in [-0.05, 0) is 41.2 Å². The maximum Gasteiger partial charge on any atom is 0.207 e. The summed E-state index contributed by atoms with van der Waals surface area (Å²) in [6.07, 6.45) is 1.71. The van der Waals surface area contributed by atoms with E-state index < -0.39 is 0 Å².